The van der Waals surface area contributed by atoms with Gasteiger partial charge in [-0.1, -0.05) is 13.8 Å². The molecular weight excluding hydrogens is 318 g/mol. The Kier molecular flexibility index (Phi) is 9.77. The fourth-order valence-electron chi connectivity index (χ4n) is 2.35. The van der Waals surface area contributed by atoms with Crippen LogP contribution in [0, 0.1) is 5.92 Å². The van der Waals surface area contributed by atoms with Crippen LogP contribution in [0.3, 0.4) is 0 Å². The predicted octanol–water partition coefficient (Wildman–Crippen LogP) is 2.77. The minimum absolute atomic E-state index is 0.672. The third kappa shape index (κ3) is 7.65. The Bertz CT molecular complexity index is 533. The first kappa shape index (κ1) is 21.1. The van der Waals surface area contributed by atoms with Crippen LogP contribution >= 0.6 is 0 Å². The molecule has 0 atom stereocenters. The number of nitrogens with zero attached hydrogens (tertiary/aromatic N) is 2. The van der Waals surface area contributed by atoms with Crippen molar-refractivity contribution in [2.75, 3.05) is 48.1 Å². The second kappa shape index (κ2) is 11.6. The highest BCUT2D eigenvalue weighted by atomic mass is 16.5. The van der Waals surface area contributed by atoms with E-state index in [-0.39, 0.29) is 0 Å². The summed E-state index contributed by atoms with van der Waals surface area (Å²) in [4.78, 5) is 6.38. The van der Waals surface area contributed by atoms with Crippen molar-refractivity contribution >= 4 is 5.96 Å². The Morgan fingerprint density at radius 1 is 1.20 bits per heavy atom. The van der Waals surface area contributed by atoms with Crippen LogP contribution in [-0.4, -0.2) is 58.9 Å². The molecule has 0 aromatic heterocycles. The fraction of sp³-hybridized carbons (Fsp3) is 0.632. The Morgan fingerprint density at radius 3 is 2.56 bits per heavy atom. The summed E-state index contributed by atoms with van der Waals surface area (Å²) in [5.41, 5.74) is 1.07. The van der Waals surface area contributed by atoms with Gasteiger partial charge in [0.05, 0.1) is 20.8 Å². The van der Waals surface area contributed by atoms with Crippen molar-refractivity contribution in [2.24, 2.45) is 10.9 Å². The molecule has 1 N–H and O–H groups in total. The molecule has 0 spiro atoms. The summed E-state index contributed by atoms with van der Waals surface area (Å²) in [6.45, 7) is 7.29. The minimum Gasteiger partial charge on any atom is -0.497 e. The van der Waals surface area contributed by atoms with Crippen molar-refractivity contribution in [3.8, 4) is 11.5 Å². The van der Waals surface area contributed by atoms with Crippen molar-refractivity contribution < 1.29 is 14.2 Å². The van der Waals surface area contributed by atoms with Gasteiger partial charge in [-0.15, -0.1) is 0 Å². The van der Waals surface area contributed by atoms with Gasteiger partial charge in [0, 0.05) is 45.4 Å². The van der Waals surface area contributed by atoms with E-state index in [9.17, 15) is 0 Å². The Morgan fingerprint density at radius 2 is 1.96 bits per heavy atom. The Labute approximate surface area is 152 Å². The SMILES string of the molecule is CN=C(NCCOCCC(C)C)N(C)Cc1ccc(OC)cc1OC. The molecule has 1 aromatic carbocycles. The van der Waals surface area contributed by atoms with E-state index in [2.05, 4.69) is 29.1 Å². The van der Waals surface area contributed by atoms with E-state index in [0.29, 0.717) is 19.1 Å². The highest BCUT2D eigenvalue weighted by Gasteiger charge is 2.11. The van der Waals surface area contributed by atoms with Crippen molar-refractivity contribution in [1.82, 2.24) is 10.2 Å². The summed E-state index contributed by atoms with van der Waals surface area (Å²) in [5, 5.41) is 3.32. The van der Waals surface area contributed by atoms with E-state index in [0.717, 1.165) is 42.6 Å². The maximum absolute atomic E-state index is 5.63. The zero-order valence-corrected chi connectivity index (χ0v) is 16.5. The monoisotopic (exact) mass is 351 g/mol. The molecule has 6 heteroatoms. The Hall–Kier alpha value is -1.95. The number of benzene rings is 1. The highest BCUT2D eigenvalue weighted by molar-refractivity contribution is 5.79. The van der Waals surface area contributed by atoms with Crippen LogP contribution in [0.15, 0.2) is 23.2 Å². The molecule has 1 rings (SSSR count). The molecule has 0 unspecified atom stereocenters. The molecule has 25 heavy (non-hydrogen) atoms. The van der Waals surface area contributed by atoms with Gasteiger partial charge in [-0.05, 0) is 24.5 Å². The summed E-state index contributed by atoms with van der Waals surface area (Å²) in [6, 6.07) is 5.84. The molecule has 0 aliphatic carbocycles. The number of nitrogens with one attached hydrogen (secondary N) is 1. The van der Waals surface area contributed by atoms with Crippen LogP contribution < -0.4 is 14.8 Å². The zero-order chi connectivity index (χ0) is 18.7. The van der Waals surface area contributed by atoms with E-state index in [1.807, 2.05) is 25.2 Å². The summed E-state index contributed by atoms with van der Waals surface area (Å²) in [7, 11) is 7.09. The van der Waals surface area contributed by atoms with Crippen LogP contribution in [0.25, 0.3) is 0 Å². The van der Waals surface area contributed by atoms with E-state index in [1.54, 1.807) is 21.3 Å². The van der Waals surface area contributed by atoms with Gasteiger partial charge in [-0.25, -0.2) is 0 Å². The maximum Gasteiger partial charge on any atom is 0.193 e. The second-order valence-electron chi connectivity index (χ2n) is 6.30. The van der Waals surface area contributed by atoms with Gasteiger partial charge in [0.15, 0.2) is 5.96 Å². The number of hydrogen-bond acceptors (Lipinski definition) is 4. The standard InChI is InChI=1S/C19H33N3O3/c1-15(2)9-11-25-12-10-21-19(20-3)22(4)14-16-7-8-17(23-5)13-18(16)24-6/h7-8,13,15H,9-12,14H2,1-6H3,(H,20,21). The summed E-state index contributed by atoms with van der Waals surface area (Å²) < 4.78 is 16.3. The summed E-state index contributed by atoms with van der Waals surface area (Å²) in [5.74, 6) is 3.08. The molecule has 142 valence electrons. The average Bonchev–Trinajstić information content (AvgIpc) is 2.61. The molecule has 6 nitrogen and oxygen atoms in total. The first-order chi connectivity index (χ1) is 12.0. The highest BCUT2D eigenvalue weighted by Crippen LogP contribution is 2.25. The van der Waals surface area contributed by atoms with E-state index < -0.39 is 0 Å². The normalized spacial score (nSPS) is 11.6. The molecule has 0 saturated heterocycles. The Balaban J connectivity index is 2.50. The van der Waals surface area contributed by atoms with Gasteiger partial charge >= 0.3 is 0 Å². The van der Waals surface area contributed by atoms with E-state index >= 15 is 0 Å². The number of methoxy groups -OCH3 is 2. The van der Waals surface area contributed by atoms with Crippen LogP contribution in [0.4, 0.5) is 0 Å². The third-order valence-corrected chi connectivity index (χ3v) is 3.84. The van der Waals surface area contributed by atoms with Crippen molar-refractivity contribution in [3.63, 3.8) is 0 Å². The zero-order valence-electron chi connectivity index (χ0n) is 16.5. The number of guanidine groups is 1. The lowest BCUT2D eigenvalue weighted by Crippen LogP contribution is -2.40. The van der Waals surface area contributed by atoms with E-state index in [4.69, 9.17) is 14.2 Å². The minimum atomic E-state index is 0.672. The summed E-state index contributed by atoms with van der Waals surface area (Å²) >= 11 is 0. The van der Waals surface area contributed by atoms with Crippen LogP contribution in [-0.2, 0) is 11.3 Å². The number of hydrogen-bond donors (Lipinski definition) is 1. The van der Waals surface area contributed by atoms with Gasteiger partial charge in [0.25, 0.3) is 0 Å². The van der Waals surface area contributed by atoms with Crippen molar-refractivity contribution in [2.45, 2.75) is 26.8 Å². The van der Waals surface area contributed by atoms with Gasteiger partial charge in [-0.2, -0.15) is 0 Å². The fourth-order valence-corrected chi connectivity index (χ4v) is 2.35. The molecule has 0 heterocycles. The predicted molar refractivity (Wildman–Crippen MR) is 103 cm³/mol. The number of aliphatic imine (C=N–C) groups is 1. The molecule has 0 fully saturated rings. The lowest BCUT2D eigenvalue weighted by Gasteiger charge is -2.23. The lowest BCUT2D eigenvalue weighted by molar-refractivity contribution is 0.127. The third-order valence-electron chi connectivity index (χ3n) is 3.84. The molecule has 0 bridgehead atoms. The summed E-state index contributed by atoms with van der Waals surface area (Å²) in [6.07, 6.45) is 1.09. The second-order valence-corrected chi connectivity index (χ2v) is 6.30. The van der Waals surface area contributed by atoms with Crippen LogP contribution in [0.2, 0.25) is 0 Å². The van der Waals surface area contributed by atoms with Crippen molar-refractivity contribution in [1.29, 1.82) is 0 Å². The molecule has 0 radical (unpaired) electrons. The largest absolute Gasteiger partial charge is 0.497 e. The molecule has 0 saturated carbocycles. The van der Waals surface area contributed by atoms with Gasteiger partial charge in [0.1, 0.15) is 11.5 Å². The smallest absolute Gasteiger partial charge is 0.193 e. The molecule has 1 aromatic rings. The number of ether oxygens (including phenoxy) is 3. The topological polar surface area (TPSA) is 55.3 Å². The maximum atomic E-state index is 5.63. The molecule has 0 aliphatic heterocycles. The quantitative estimate of drug-likeness (QED) is 0.399. The van der Waals surface area contributed by atoms with Gasteiger partial charge in [0.2, 0.25) is 0 Å². The molecular formula is C19H33N3O3. The first-order valence-corrected chi connectivity index (χ1v) is 8.72. The van der Waals surface area contributed by atoms with E-state index in [1.165, 1.54) is 0 Å². The van der Waals surface area contributed by atoms with Gasteiger partial charge in [-0.3, -0.25) is 4.99 Å². The average molecular weight is 351 g/mol. The van der Waals surface area contributed by atoms with Gasteiger partial charge < -0.3 is 24.4 Å². The van der Waals surface area contributed by atoms with Crippen LogP contribution in [0.1, 0.15) is 25.8 Å². The lowest BCUT2D eigenvalue weighted by atomic mass is 10.1. The van der Waals surface area contributed by atoms with Crippen LogP contribution in [0.5, 0.6) is 11.5 Å². The molecule has 0 amide bonds. The van der Waals surface area contributed by atoms with Crippen molar-refractivity contribution in [3.05, 3.63) is 23.8 Å². The molecule has 0 aliphatic rings. The first-order valence-electron chi connectivity index (χ1n) is 8.72. The number of rotatable bonds is 10.